The molecule has 122 valence electrons. The number of carbonyl (C=O) groups is 2. The quantitative estimate of drug-likeness (QED) is 0.814. The van der Waals surface area contributed by atoms with Gasteiger partial charge < -0.3 is 11.1 Å². The van der Waals surface area contributed by atoms with Crippen molar-refractivity contribution in [3.63, 3.8) is 0 Å². The van der Waals surface area contributed by atoms with Gasteiger partial charge >= 0.3 is 0 Å². The van der Waals surface area contributed by atoms with Crippen LogP contribution in [0.5, 0.6) is 0 Å². The highest BCUT2D eigenvalue weighted by molar-refractivity contribution is 5.92. The minimum absolute atomic E-state index is 0.0429. The summed E-state index contributed by atoms with van der Waals surface area (Å²) >= 11 is 0. The molecule has 0 saturated carbocycles. The Balaban J connectivity index is 1.86. The second-order valence-corrected chi connectivity index (χ2v) is 5.41. The normalized spacial score (nSPS) is 11.9. The third-order valence-electron chi connectivity index (χ3n) is 3.47. The fourth-order valence-corrected chi connectivity index (χ4v) is 2.14. The second kappa shape index (κ2) is 7.53. The maximum Gasteiger partial charge on any atom is 0.239 e. The van der Waals surface area contributed by atoms with Gasteiger partial charge in [-0.2, -0.15) is 5.10 Å². The van der Waals surface area contributed by atoms with Crippen LogP contribution in [0.2, 0.25) is 0 Å². The van der Waals surface area contributed by atoms with Gasteiger partial charge in [0.05, 0.1) is 11.9 Å². The van der Waals surface area contributed by atoms with Gasteiger partial charge in [-0.3, -0.25) is 14.3 Å². The SMILES string of the molecule is CC(CCc1ccccc1F)C(=O)Nc1cnn(CC(N)=O)c1. The number of hydrogen-bond acceptors (Lipinski definition) is 3. The number of aromatic nitrogens is 2. The molecule has 0 aliphatic carbocycles. The van der Waals surface area contributed by atoms with Gasteiger partial charge in [-0.1, -0.05) is 25.1 Å². The summed E-state index contributed by atoms with van der Waals surface area (Å²) < 4.78 is 14.9. The minimum Gasteiger partial charge on any atom is -0.368 e. The summed E-state index contributed by atoms with van der Waals surface area (Å²) in [6.45, 7) is 1.74. The summed E-state index contributed by atoms with van der Waals surface area (Å²) in [4.78, 5) is 22.9. The average Bonchev–Trinajstić information content (AvgIpc) is 2.92. The number of nitrogens with zero attached hydrogens (tertiary/aromatic N) is 2. The van der Waals surface area contributed by atoms with E-state index in [0.717, 1.165) is 0 Å². The number of nitrogens with one attached hydrogen (secondary N) is 1. The smallest absolute Gasteiger partial charge is 0.239 e. The molecule has 1 unspecified atom stereocenters. The molecule has 0 saturated heterocycles. The van der Waals surface area contributed by atoms with Gasteiger partial charge in [-0.05, 0) is 24.5 Å². The molecule has 1 aromatic carbocycles. The topological polar surface area (TPSA) is 90.0 Å². The zero-order chi connectivity index (χ0) is 16.8. The van der Waals surface area contributed by atoms with E-state index >= 15 is 0 Å². The molecule has 2 amide bonds. The van der Waals surface area contributed by atoms with E-state index in [1.165, 1.54) is 23.1 Å². The lowest BCUT2D eigenvalue weighted by Crippen LogP contribution is -2.21. The first-order valence-corrected chi connectivity index (χ1v) is 7.30. The number of carbonyl (C=O) groups excluding carboxylic acids is 2. The van der Waals surface area contributed by atoms with Gasteiger partial charge in [0.15, 0.2) is 0 Å². The molecule has 2 rings (SSSR count). The van der Waals surface area contributed by atoms with Crippen LogP contribution >= 0.6 is 0 Å². The molecular weight excluding hydrogens is 299 g/mol. The average molecular weight is 318 g/mol. The standard InChI is InChI=1S/C16H19FN4O2/c1-11(6-7-12-4-2-3-5-14(12)17)16(23)20-13-8-19-21(9-13)10-15(18)22/h2-5,8-9,11H,6-7,10H2,1H3,(H2,18,22)(H,20,23). The number of rotatable bonds is 7. The van der Waals surface area contributed by atoms with Crippen LogP contribution in [0.4, 0.5) is 10.1 Å². The van der Waals surface area contributed by atoms with Gasteiger partial charge in [0, 0.05) is 12.1 Å². The Bertz CT molecular complexity index is 699. The van der Waals surface area contributed by atoms with Crippen LogP contribution < -0.4 is 11.1 Å². The van der Waals surface area contributed by atoms with Crippen molar-refractivity contribution in [3.05, 3.63) is 48.0 Å². The number of benzene rings is 1. The lowest BCUT2D eigenvalue weighted by atomic mass is 10.00. The van der Waals surface area contributed by atoms with Gasteiger partial charge in [-0.15, -0.1) is 0 Å². The van der Waals surface area contributed by atoms with Crippen molar-refractivity contribution in [3.8, 4) is 0 Å². The maximum absolute atomic E-state index is 13.5. The first-order chi connectivity index (χ1) is 11.0. The maximum atomic E-state index is 13.5. The Labute approximate surface area is 133 Å². The zero-order valence-electron chi connectivity index (χ0n) is 12.8. The molecule has 2 aromatic rings. The molecule has 1 aromatic heterocycles. The molecule has 6 nitrogen and oxygen atoms in total. The highest BCUT2D eigenvalue weighted by atomic mass is 19.1. The monoisotopic (exact) mass is 318 g/mol. The second-order valence-electron chi connectivity index (χ2n) is 5.41. The van der Waals surface area contributed by atoms with Crippen LogP contribution in [0, 0.1) is 11.7 Å². The third kappa shape index (κ3) is 4.91. The number of anilines is 1. The zero-order valence-corrected chi connectivity index (χ0v) is 12.8. The Kier molecular flexibility index (Phi) is 5.46. The fourth-order valence-electron chi connectivity index (χ4n) is 2.14. The first kappa shape index (κ1) is 16.7. The fraction of sp³-hybridized carbons (Fsp3) is 0.312. The lowest BCUT2D eigenvalue weighted by molar-refractivity contribution is -0.120. The highest BCUT2D eigenvalue weighted by Crippen LogP contribution is 2.15. The summed E-state index contributed by atoms with van der Waals surface area (Å²) in [7, 11) is 0. The molecule has 23 heavy (non-hydrogen) atoms. The summed E-state index contributed by atoms with van der Waals surface area (Å²) in [6, 6.07) is 6.54. The number of halogens is 1. The highest BCUT2D eigenvalue weighted by Gasteiger charge is 2.15. The Morgan fingerprint density at radius 2 is 2.13 bits per heavy atom. The molecule has 0 aliphatic heterocycles. The number of hydrogen-bond donors (Lipinski definition) is 2. The Morgan fingerprint density at radius 3 is 2.83 bits per heavy atom. The number of nitrogens with two attached hydrogens (primary N) is 1. The van der Waals surface area contributed by atoms with Crippen molar-refractivity contribution in [2.24, 2.45) is 11.7 Å². The lowest BCUT2D eigenvalue weighted by Gasteiger charge is -2.11. The summed E-state index contributed by atoms with van der Waals surface area (Å²) in [6.07, 6.45) is 4.00. The van der Waals surface area contributed by atoms with Crippen molar-refractivity contribution < 1.29 is 14.0 Å². The molecule has 7 heteroatoms. The molecule has 0 bridgehead atoms. The predicted octanol–water partition coefficient (Wildman–Crippen LogP) is 1.71. The molecule has 0 radical (unpaired) electrons. The van der Waals surface area contributed by atoms with E-state index < -0.39 is 5.91 Å². The Hall–Kier alpha value is -2.70. The van der Waals surface area contributed by atoms with Gasteiger partial charge in [0.1, 0.15) is 12.4 Å². The third-order valence-corrected chi connectivity index (χ3v) is 3.47. The van der Waals surface area contributed by atoms with Crippen LogP contribution in [0.25, 0.3) is 0 Å². The minimum atomic E-state index is -0.510. The number of aryl methyl sites for hydroxylation is 1. The van der Waals surface area contributed by atoms with E-state index in [4.69, 9.17) is 5.73 Å². The van der Waals surface area contributed by atoms with Gasteiger partial charge in [-0.25, -0.2) is 4.39 Å². The summed E-state index contributed by atoms with van der Waals surface area (Å²) in [5.74, 6) is -1.23. The van der Waals surface area contributed by atoms with Crippen LogP contribution in [0.3, 0.4) is 0 Å². The largest absolute Gasteiger partial charge is 0.368 e. The van der Waals surface area contributed by atoms with E-state index in [9.17, 15) is 14.0 Å². The van der Waals surface area contributed by atoms with Crippen molar-refractivity contribution in [1.29, 1.82) is 0 Å². The van der Waals surface area contributed by atoms with Crippen LogP contribution in [0.15, 0.2) is 36.7 Å². The van der Waals surface area contributed by atoms with Crippen LogP contribution in [0.1, 0.15) is 18.9 Å². The van der Waals surface area contributed by atoms with E-state index in [2.05, 4.69) is 10.4 Å². The van der Waals surface area contributed by atoms with Crippen LogP contribution in [-0.4, -0.2) is 21.6 Å². The molecule has 0 spiro atoms. The van der Waals surface area contributed by atoms with Crippen molar-refractivity contribution >= 4 is 17.5 Å². The van der Waals surface area contributed by atoms with Crippen molar-refractivity contribution in [1.82, 2.24) is 9.78 Å². The van der Waals surface area contributed by atoms with Crippen molar-refractivity contribution in [2.75, 3.05) is 5.32 Å². The predicted molar refractivity (Wildman–Crippen MR) is 83.9 cm³/mol. The number of primary amides is 1. The van der Waals surface area contributed by atoms with E-state index in [-0.39, 0.29) is 24.2 Å². The number of amides is 2. The van der Waals surface area contributed by atoms with Gasteiger partial charge in [0.2, 0.25) is 11.8 Å². The van der Waals surface area contributed by atoms with E-state index in [1.54, 1.807) is 25.1 Å². The first-order valence-electron chi connectivity index (χ1n) is 7.30. The van der Waals surface area contributed by atoms with Crippen LogP contribution in [-0.2, 0) is 22.6 Å². The van der Waals surface area contributed by atoms with Gasteiger partial charge in [0.25, 0.3) is 0 Å². The molecule has 0 fully saturated rings. The molecule has 3 N–H and O–H groups in total. The molecule has 1 heterocycles. The Morgan fingerprint density at radius 1 is 1.39 bits per heavy atom. The van der Waals surface area contributed by atoms with Crippen molar-refractivity contribution in [2.45, 2.75) is 26.3 Å². The van der Waals surface area contributed by atoms with E-state index in [0.29, 0.717) is 24.1 Å². The van der Waals surface area contributed by atoms with E-state index in [1.807, 2.05) is 0 Å². The summed E-state index contributed by atoms with van der Waals surface area (Å²) in [5, 5.41) is 6.64. The molecule has 0 aliphatic rings. The summed E-state index contributed by atoms with van der Waals surface area (Å²) in [5.41, 5.74) is 6.17. The molecule has 1 atom stereocenters. The molecular formula is C16H19FN4O2.